The molecule has 0 bridgehead atoms. The molecule has 6 heteroatoms. The van der Waals surface area contributed by atoms with Crippen molar-refractivity contribution in [2.24, 2.45) is 0 Å². The van der Waals surface area contributed by atoms with Crippen molar-refractivity contribution in [3.05, 3.63) is 12.2 Å². The number of ether oxygens (including phenoxy) is 2. The molecule has 0 heterocycles. The van der Waals surface area contributed by atoms with Crippen LogP contribution >= 0.6 is 23.5 Å². The molecule has 4 nitrogen and oxygen atoms in total. The molecule has 0 amide bonds. The van der Waals surface area contributed by atoms with Gasteiger partial charge in [0.15, 0.2) is 5.12 Å². The van der Waals surface area contributed by atoms with E-state index in [1.807, 2.05) is 6.92 Å². The zero-order valence-electron chi connectivity index (χ0n) is 11.6. The maximum absolute atomic E-state index is 11.2. The van der Waals surface area contributed by atoms with Crippen LogP contribution in [0.3, 0.4) is 0 Å². The SMILES string of the molecule is C=C(C)C(=O)SCCOCCOCCSC(=O)CC. The van der Waals surface area contributed by atoms with Gasteiger partial charge in [-0.3, -0.25) is 9.59 Å². The molecule has 0 N–H and O–H groups in total. The molecular formula is C13H22O4S2. The van der Waals surface area contributed by atoms with Gasteiger partial charge in [-0.1, -0.05) is 37.0 Å². The topological polar surface area (TPSA) is 52.6 Å². The highest BCUT2D eigenvalue weighted by atomic mass is 32.2. The van der Waals surface area contributed by atoms with E-state index in [0.717, 1.165) is 0 Å². The zero-order valence-corrected chi connectivity index (χ0v) is 13.2. The van der Waals surface area contributed by atoms with Crippen LogP contribution in [0.5, 0.6) is 0 Å². The van der Waals surface area contributed by atoms with Gasteiger partial charge in [0, 0.05) is 17.9 Å². The van der Waals surface area contributed by atoms with Gasteiger partial charge >= 0.3 is 0 Å². The third-order valence-corrected chi connectivity index (χ3v) is 3.92. The van der Waals surface area contributed by atoms with E-state index >= 15 is 0 Å². The Labute approximate surface area is 123 Å². The summed E-state index contributed by atoms with van der Waals surface area (Å²) in [5, 5.41) is 0.205. The first-order valence-electron chi connectivity index (χ1n) is 6.21. The van der Waals surface area contributed by atoms with Crippen molar-refractivity contribution in [2.45, 2.75) is 20.3 Å². The predicted octanol–water partition coefficient (Wildman–Crippen LogP) is 2.53. The molecule has 0 unspecified atom stereocenters. The smallest absolute Gasteiger partial charge is 0.214 e. The van der Waals surface area contributed by atoms with Crippen molar-refractivity contribution >= 4 is 33.8 Å². The van der Waals surface area contributed by atoms with E-state index in [1.54, 1.807) is 6.92 Å². The number of rotatable bonds is 11. The summed E-state index contributed by atoms with van der Waals surface area (Å²) in [5.74, 6) is 1.32. The summed E-state index contributed by atoms with van der Waals surface area (Å²) in [6, 6.07) is 0. The van der Waals surface area contributed by atoms with Crippen molar-refractivity contribution in [2.75, 3.05) is 37.9 Å². The van der Waals surface area contributed by atoms with Gasteiger partial charge in [0.1, 0.15) is 0 Å². The summed E-state index contributed by atoms with van der Waals surface area (Å²) < 4.78 is 10.6. The quantitative estimate of drug-likeness (QED) is 0.432. The largest absolute Gasteiger partial charge is 0.378 e. The Balaban J connectivity index is 3.17. The maximum Gasteiger partial charge on any atom is 0.214 e. The van der Waals surface area contributed by atoms with Gasteiger partial charge in [0.25, 0.3) is 0 Å². The molecule has 0 aliphatic heterocycles. The van der Waals surface area contributed by atoms with Gasteiger partial charge in [-0.25, -0.2) is 0 Å². The van der Waals surface area contributed by atoms with Crippen molar-refractivity contribution in [1.29, 1.82) is 0 Å². The van der Waals surface area contributed by atoms with Crippen LogP contribution in [0.4, 0.5) is 0 Å². The van der Waals surface area contributed by atoms with Crippen LogP contribution in [0.2, 0.25) is 0 Å². The molecule has 0 spiro atoms. The molecule has 0 radical (unpaired) electrons. The lowest BCUT2D eigenvalue weighted by Gasteiger charge is -2.05. The highest BCUT2D eigenvalue weighted by Gasteiger charge is 2.02. The molecule has 0 aromatic carbocycles. The lowest BCUT2D eigenvalue weighted by molar-refractivity contribution is -0.110. The molecular weight excluding hydrogens is 284 g/mol. The van der Waals surface area contributed by atoms with Crippen molar-refractivity contribution in [3.63, 3.8) is 0 Å². The monoisotopic (exact) mass is 306 g/mol. The Morgan fingerprint density at radius 1 is 1.00 bits per heavy atom. The van der Waals surface area contributed by atoms with E-state index in [4.69, 9.17) is 9.47 Å². The predicted molar refractivity (Wildman–Crippen MR) is 81.7 cm³/mol. The molecule has 0 aliphatic rings. The third kappa shape index (κ3) is 12.5. The van der Waals surface area contributed by atoms with Crippen LogP contribution in [0.25, 0.3) is 0 Å². The number of hydrogen-bond donors (Lipinski definition) is 0. The highest BCUT2D eigenvalue weighted by molar-refractivity contribution is 8.14. The number of thioether (sulfide) groups is 2. The Hall–Kier alpha value is -0.300. The van der Waals surface area contributed by atoms with Gasteiger partial charge < -0.3 is 9.47 Å². The first-order valence-corrected chi connectivity index (χ1v) is 8.18. The fraction of sp³-hybridized carbons (Fsp3) is 0.692. The molecule has 0 fully saturated rings. The molecule has 0 saturated carbocycles. The zero-order chi connectivity index (χ0) is 14.5. The number of hydrogen-bond acceptors (Lipinski definition) is 6. The standard InChI is InChI=1S/C13H22O4S2/c1-4-12(14)18-9-7-16-5-6-17-8-10-19-13(15)11(2)3/h2,4-10H2,1,3H3. The summed E-state index contributed by atoms with van der Waals surface area (Å²) in [5.41, 5.74) is 0.562. The Morgan fingerprint density at radius 2 is 1.53 bits per heavy atom. The van der Waals surface area contributed by atoms with Crippen molar-refractivity contribution in [3.8, 4) is 0 Å². The average molecular weight is 306 g/mol. The van der Waals surface area contributed by atoms with Crippen LogP contribution in [0.1, 0.15) is 20.3 Å². The molecule has 110 valence electrons. The minimum atomic E-state index is 0.0115. The first-order chi connectivity index (χ1) is 9.07. The van der Waals surface area contributed by atoms with Gasteiger partial charge in [0.2, 0.25) is 5.12 Å². The summed E-state index contributed by atoms with van der Waals surface area (Å²) in [6.45, 7) is 9.22. The van der Waals surface area contributed by atoms with Crippen molar-refractivity contribution < 1.29 is 19.1 Å². The van der Waals surface area contributed by atoms with Crippen LogP contribution in [0.15, 0.2) is 12.2 Å². The van der Waals surface area contributed by atoms with Gasteiger partial charge in [-0.2, -0.15) is 0 Å². The Morgan fingerprint density at radius 3 is 2.00 bits per heavy atom. The van der Waals surface area contributed by atoms with Gasteiger partial charge in [-0.15, -0.1) is 0 Å². The van der Waals surface area contributed by atoms with E-state index in [2.05, 4.69) is 6.58 Å². The summed E-state index contributed by atoms with van der Waals surface area (Å²) in [7, 11) is 0. The van der Waals surface area contributed by atoms with E-state index in [0.29, 0.717) is 49.9 Å². The molecule has 0 aromatic rings. The average Bonchev–Trinajstić information content (AvgIpc) is 2.39. The molecule has 0 saturated heterocycles. The van der Waals surface area contributed by atoms with Crippen LogP contribution in [-0.2, 0) is 19.1 Å². The van der Waals surface area contributed by atoms with E-state index in [1.165, 1.54) is 23.5 Å². The molecule has 0 aliphatic carbocycles. The first kappa shape index (κ1) is 18.7. The summed E-state index contributed by atoms with van der Waals surface area (Å²) in [6.07, 6.45) is 0.564. The summed E-state index contributed by atoms with van der Waals surface area (Å²) >= 11 is 2.52. The molecule has 19 heavy (non-hydrogen) atoms. The minimum Gasteiger partial charge on any atom is -0.378 e. The lowest BCUT2D eigenvalue weighted by atomic mass is 10.4. The highest BCUT2D eigenvalue weighted by Crippen LogP contribution is 2.07. The van der Waals surface area contributed by atoms with Gasteiger partial charge in [0.05, 0.1) is 26.4 Å². The van der Waals surface area contributed by atoms with Crippen LogP contribution in [0, 0.1) is 0 Å². The van der Waals surface area contributed by atoms with Gasteiger partial charge in [-0.05, 0) is 12.5 Å². The fourth-order valence-corrected chi connectivity index (χ4v) is 2.22. The van der Waals surface area contributed by atoms with E-state index < -0.39 is 0 Å². The molecule has 0 atom stereocenters. The molecule has 0 aromatic heterocycles. The third-order valence-electron chi connectivity index (χ3n) is 1.96. The lowest BCUT2D eigenvalue weighted by Crippen LogP contribution is -2.09. The summed E-state index contributed by atoms with van der Waals surface area (Å²) in [4.78, 5) is 22.2. The number of carbonyl (C=O) groups excluding carboxylic acids is 2. The van der Waals surface area contributed by atoms with Crippen molar-refractivity contribution in [1.82, 2.24) is 0 Å². The maximum atomic E-state index is 11.2. The Bertz CT molecular complexity index is 292. The Kier molecular flexibility index (Phi) is 12.5. The second-order valence-corrected chi connectivity index (χ2v) is 5.93. The normalized spacial score (nSPS) is 10.4. The second-order valence-electron chi connectivity index (χ2n) is 3.72. The fourth-order valence-electron chi connectivity index (χ4n) is 0.955. The minimum absolute atomic E-state index is 0.0115. The second kappa shape index (κ2) is 12.7. The van der Waals surface area contributed by atoms with Crippen LogP contribution in [-0.4, -0.2) is 48.2 Å². The number of carbonyl (C=O) groups is 2. The van der Waals surface area contributed by atoms with E-state index in [9.17, 15) is 9.59 Å². The van der Waals surface area contributed by atoms with Crippen LogP contribution < -0.4 is 0 Å². The molecule has 0 rings (SSSR count). The van der Waals surface area contributed by atoms with E-state index in [-0.39, 0.29) is 10.2 Å².